The maximum Gasteiger partial charge on any atom is 0.416 e. The topological polar surface area (TPSA) is 108 Å². The van der Waals surface area contributed by atoms with Crippen molar-refractivity contribution in [3.63, 3.8) is 0 Å². The molecule has 0 amide bonds. The van der Waals surface area contributed by atoms with E-state index in [9.17, 15) is 31.1 Å². The zero-order valence-corrected chi connectivity index (χ0v) is 22.8. The Hall–Kier alpha value is -3.48. The zero-order valence-electron chi connectivity index (χ0n) is 22.0. The van der Waals surface area contributed by atoms with Crippen molar-refractivity contribution in [1.82, 2.24) is 15.3 Å². The van der Waals surface area contributed by atoms with Gasteiger partial charge < -0.3 is 14.3 Å². The molecule has 2 aromatic heterocycles. The first-order chi connectivity index (χ1) is 19.6. The van der Waals surface area contributed by atoms with Crippen LogP contribution >= 0.6 is 0 Å². The van der Waals surface area contributed by atoms with Gasteiger partial charge in [0.2, 0.25) is 0 Å². The van der Waals surface area contributed by atoms with E-state index in [2.05, 4.69) is 15.3 Å². The first-order valence-electron chi connectivity index (χ1n) is 13.1. The molecule has 1 fully saturated rings. The van der Waals surface area contributed by atoms with Gasteiger partial charge in [-0.2, -0.15) is 13.2 Å². The fourth-order valence-electron chi connectivity index (χ4n) is 4.58. The van der Waals surface area contributed by atoms with Gasteiger partial charge in [0.25, 0.3) is 0 Å². The second-order valence-electron chi connectivity index (χ2n) is 9.77. The van der Waals surface area contributed by atoms with Crippen molar-refractivity contribution in [2.24, 2.45) is 5.92 Å². The normalized spacial score (nSPS) is 14.6. The number of Topliss-reactive ketones (excluding diaryl/α,β-unsaturated/α-hetero) is 1. The maximum absolute atomic E-state index is 12.7. The number of fused-ring (bicyclic) bond motifs is 1. The van der Waals surface area contributed by atoms with Gasteiger partial charge in [0.15, 0.2) is 5.09 Å². The van der Waals surface area contributed by atoms with Crippen LogP contribution in [0.2, 0.25) is 0 Å². The van der Waals surface area contributed by atoms with E-state index < -0.39 is 28.6 Å². The first-order valence-corrected chi connectivity index (χ1v) is 14.2. The summed E-state index contributed by atoms with van der Waals surface area (Å²) in [5.74, 6) is 0.408. The number of hydrogen-bond acceptors (Lipinski definition) is 7. The number of aromatic nitrogens is 2. The largest absolute Gasteiger partial charge is 0.766 e. The molecule has 0 aliphatic heterocycles. The van der Waals surface area contributed by atoms with E-state index in [1.54, 1.807) is 6.07 Å². The lowest BCUT2D eigenvalue weighted by molar-refractivity contribution is -0.137. The summed E-state index contributed by atoms with van der Waals surface area (Å²) in [5.41, 5.74) is 1.50. The Balaban J connectivity index is 0.000000247. The Bertz CT molecular complexity index is 1490. The summed E-state index contributed by atoms with van der Waals surface area (Å²) in [6.45, 7) is 1.27. The molecule has 1 saturated carbocycles. The molecular formula is C29H28F4N3O4S-. The van der Waals surface area contributed by atoms with Crippen molar-refractivity contribution in [2.45, 2.75) is 49.8 Å². The minimum Gasteiger partial charge on any atom is -0.766 e. The summed E-state index contributed by atoms with van der Waals surface area (Å²) in [6, 6.07) is 11.7. The lowest BCUT2D eigenvalue weighted by Gasteiger charge is -2.10. The molecule has 1 N–H and O–H groups in total. The number of carbonyl (C=O) groups excluding carboxylic acids is 1. The molecular weight excluding hydrogens is 562 g/mol. The first kappa shape index (κ1) is 30.5. The summed E-state index contributed by atoms with van der Waals surface area (Å²) < 4.78 is 76.5. The Kier molecular flexibility index (Phi) is 10.4. The van der Waals surface area contributed by atoms with E-state index in [0.29, 0.717) is 53.2 Å². The van der Waals surface area contributed by atoms with Crippen molar-refractivity contribution >= 4 is 27.8 Å². The summed E-state index contributed by atoms with van der Waals surface area (Å²) in [7, 11) is 0. The fourth-order valence-corrected chi connectivity index (χ4v) is 4.96. The van der Waals surface area contributed by atoms with Crippen molar-refractivity contribution in [1.29, 1.82) is 0 Å². The fraction of sp³-hybridized carbons (Fsp3) is 0.345. The van der Waals surface area contributed by atoms with Crippen LogP contribution in [0.5, 0.6) is 0 Å². The van der Waals surface area contributed by atoms with Gasteiger partial charge in [0.1, 0.15) is 23.5 Å². The number of nitrogens with one attached hydrogen (secondary N) is 1. The van der Waals surface area contributed by atoms with Crippen LogP contribution in [0.3, 0.4) is 0 Å². The van der Waals surface area contributed by atoms with Crippen molar-refractivity contribution in [3.05, 3.63) is 78.0 Å². The summed E-state index contributed by atoms with van der Waals surface area (Å²) in [5, 5.41) is 3.51. The van der Waals surface area contributed by atoms with Gasteiger partial charge in [-0.05, 0) is 68.1 Å². The number of rotatable bonds is 9. The van der Waals surface area contributed by atoms with Crippen molar-refractivity contribution in [2.75, 3.05) is 13.1 Å². The van der Waals surface area contributed by atoms with E-state index in [0.717, 1.165) is 18.7 Å². The molecule has 2 aromatic carbocycles. The number of aryl methyl sites for hydroxylation is 1. The van der Waals surface area contributed by atoms with E-state index in [1.807, 2.05) is 0 Å². The molecule has 0 spiro atoms. The van der Waals surface area contributed by atoms with Crippen LogP contribution < -0.4 is 5.32 Å². The van der Waals surface area contributed by atoms with Gasteiger partial charge in [0.05, 0.1) is 17.8 Å². The van der Waals surface area contributed by atoms with Gasteiger partial charge in [-0.3, -0.25) is 9.00 Å². The van der Waals surface area contributed by atoms with Gasteiger partial charge in [-0.25, -0.2) is 14.4 Å². The highest BCUT2D eigenvalue weighted by atomic mass is 32.2. The quantitative estimate of drug-likeness (QED) is 0.181. The molecule has 0 saturated heterocycles. The Labute approximate surface area is 236 Å². The minimum atomic E-state index is -4.36. The smallest absolute Gasteiger partial charge is 0.416 e. The average Bonchev–Trinajstić information content (AvgIpc) is 3.62. The van der Waals surface area contributed by atoms with Crippen LogP contribution in [-0.2, 0) is 28.5 Å². The molecule has 0 radical (unpaired) electrons. The van der Waals surface area contributed by atoms with Gasteiger partial charge in [-0.1, -0.05) is 25.0 Å². The molecule has 0 bridgehead atoms. The highest BCUT2D eigenvalue weighted by Gasteiger charge is 2.30. The second kappa shape index (κ2) is 13.9. The number of alkyl halides is 3. The summed E-state index contributed by atoms with van der Waals surface area (Å²) >= 11 is -2.41. The molecule has 41 heavy (non-hydrogen) atoms. The van der Waals surface area contributed by atoms with Gasteiger partial charge >= 0.3 is 6.18 Å². The number of benzene rings is 2. The molecule has 1 aliphatic carbocycles. The van der Waals surface area contributed by atoms with E-state index in [-0.39, 0.29) is 10.9 Å². The maximum atomic E-state index is 12.7. The van der Waals surface area contributed by atoms with Crippen LogP contribution in [0, 0.1) is 11.7 Å². The van der Waals surface area contributed by atoms with Gasteiger partial charge in [0, 0.05) is 40.2 Å². The molecule has 218 valence electrons. The number of nitrogens with zero attached hydrogens (tertiary/aromatic N) is 2. The predicted molar refractivity (Wildman–Crippen MR) is 144 cm³/mol. The highest BCUT2D eigenvalue weighted by Crippen LogP contribution is 2.30. The monoisotopic (exact) mass is 590 g/mol. The lowest BCUT2D eigenvalue weighted by atomic mass is 10.1. The summed E-state index contributed by atoms with van der Waals surface area (Å²) in [4.78, 5) is 20.4. The average molecular weight is 591 g/mol. The number of carbonyl (C=O) groups is 1. The molecule has 1 aliphatic rings. The Morgan fingerprint density at radius 1 is 1.05 bits per heavy atom. The number of ketones is 1. The third-order valence-corrected chi connectivity index (χ3v) is 7.27. The van der Waals surface area contributed by atoms with E-state index in [1.165, 1.54) is 68.4 Å². The number of hydrogen-bond donors (Lipinski definition) is 1. The number of halogens is 4. The van der Waals surface area contributed by atoms with E-state index >= 15 is 0 Å². The predicted octanol–water partition coefficient (Wildman–Crippen LogP) is 6.25. The van der Waals surface area contributed by atoms with Crippen LogP contribution in [0.25, 0.3) is 22.2 Å². The van der Waals surface area contributed by atoms with Crippen LogP contribution in [0.1, 0.15) is 43.4 Å². The van der Waals surface area contributed by atoms with Crippen molar-refractivity contribution in [3.8, 4) is 11.3 Å². The lowest BCUT2D eigenvalue weighted by Crippen LogP contribution is -2.27. The molecule has 12 heteroatoms. The van der Waals surface area contributed by atoms with Crippen molar-refractivity contribution < 1.29 is 35.5 Å². The number of furan rings is 1. The third kappa shape index (κ3) is 9.00. The van der Waals surface area contributed by atoms with Crippen LogP contribution in [0.4, 0.5) is 17.6 Å². The second-order valence-corrected chi connectivity index (χ2v) is 10.6. The molecule has 4 aromatic rings. The Morgan fingerprint density at radius 3 is 2.46 bits per heavy atom. The molecule has 1 atom stereocenters. The highest BCUT2D eigenvalue weighted by molar-refractivity contribution is 7.79. The third-order valence-electron chi connectivity index (χ3n) is 6.74. The Morgan fingerprint density at radius 2 is 1.78 bits per heavy atom. The van der Waals surface area contributed by atoms with E-state index in [4.69, 9.17) is 4.42 Å². The minimum absolute atomic E-state index is 0.132. The molecule has 5 rings (SSSR count). The standard InChI is InChI=1S/C21H24F3N3O.C8H5FO3S/c22-21(23,24)17-7-5-16(6-8-17)20-11-18(26-14-27-20)9-10-19(28)13-25-12-15-3-1-2-4-15;9-6-1-2-7-5(3-6)4-8(12-7)13(10)11/h5-8,11,14-15,25H,1-4,9-10,12-13H2;1-4H,(H,10,11)/p-1. The van der Waals surface area contributed by atoms with Gasteiger partial charge in [-0.15, -0.1) is 0 Å². The molecule has 2 heterocycles. The molecule has 1 unspecified atom stereocenters. The zero-order chi connectivity index (χ0) is 29.4. The summed E-state index contributed by atoms with van der Waals surface area (Å²) in [6.07, 6.45) is 2.95. The molecule has 7 nitrogen and oxygen atoms in total. The van der Waals surface area contributed by atoms with Crippen LogP contribution in [-0.4, -0.2) is 37.6 Å². The van der Waals surface area contributed by atoms with Crippen LogP contribution in [0.15, 0.2) is 70.4 Å². The SMILES string of the molecule is O=C(CCc1cc(-c2ccc(C(F)(F)F)cc2)ncn1)CNCC1CCCC1.O=S([O-])c1cc2cc(F)ccc2o1.